The number of ether oxygens (including phenoxy) is 2. The van der Waals surface area contributed by atoms with Crippen LogP contribution in [0.4, 0.5) is 0 Å². The molecule has 4 atom stereocenters. The number of benzene rings is 2. The average molecular weight is 324 g/mol. The first kappa shape index (κ1) is 15.5. The highest BCUT2D eigenvalue weighted by atomic mass is 16.5. The van der Waals surface area contributed by atoms with E-state index in [2.05, 4.69) is 18.2 Å². The third-order valence-corrected chi connectivity index (χ3v) is 5.88. The summed E-state index contributed by atoms with van der Waals surface area (Å²) in [5, 5.41) is 11.1. The molecular weight excluding hydrogens is 300 g/mol. The monoisotopic (exact) mass is 324 g/mol. The summed E-state index contributed by atoms with van der Waals surface area (Å²) in [6.45, 7) is 0. The topological polar surface area (TPSA) is 38.7 Å². The zero-order chi connectivity index (χ0) is 16.7. The van der Waals surface area contributed by atoms with Crippen LogP contribution < -0.4 is 9.47 Å². The van der Waals surface area contributed by atoms with E-state index in [1.807, 2.05) is 24.3 Å². The minimum absolute atomic E-state index is 0.157. The third-order valence-electron chi connectivity index (χ3n) is 5.88. The Morgan fingerprint density at radius 1 is 0.875 bits per heavy atom. The van der Waals surface area contributed by atoms with Gasteiger partial charge in [0.15, 0.2) is 0 Å². The van der Waals surface area contributed by atoms with E-state index in [0.29, 0.717) is 11.8 Å². The first-order valence-electron chi connectivity index (χ1n) is 8.72. The van der Waals surface area contributed by atoms with Gasteiger partial charge in [0.2, 0.25) is 0 Å². The van der Waals surface area contributed by atoms with Crippen molar-refractivity contribution in [2.24, 2.45) is 5.92 Å². The minimum Gasteiger partial charge on any atom is -0.497 e. The van der Waals surface area contributed by atoms with Crippen molar-refractivity contribution >= 4 is 0 Å². The van der Waals surface area contributed by atoms with Crippen molar-refractivity contribution in [2.45, 2.75) is 37.2 Å². The molecule has 0 bridgehead atoms. The van der Waals surface area contributed by atoms with Gasteiger partial charge in [0.1, 0.15) is 11.5 Å². The summed E-state index contributed by atoms with van der Waals surface area (Å²) < 4.78 is 10.7. The van der Waals surface area contributed by atoms with Crippen molar-refractivity contribution in [3.8, 4) is 11.5 Å². The Morgan fingerprint density at radius 2 is 1.58 bits per heavy atom. The van der Waals surface area contributed by atoms with E-state index in [1.54, 1.807) is 14.2 Å². The molecule has 1 fully saturated rings. The summed E-state index contributed by atoms with van der Waals surface area (Å²) in [4.78, 5) is 0. The zero-order valence-electron chi connectivity index (χ0n) is 14.2. The average Bonchev–Trinajstić information content (AvgIpc) is 3.11. The van der Waals surface area contributed by atoms with Gasteiger partial charge in [-0.3, -0.25) is 0 Å². The predicted octanol–water partition coefficient (Wildman–Crippen LogP) is 4.42. The summed E-state index contributed by atoms with van der Waals surface area (Å²) in [5.74, 6) is 2.91. The molecule has 126 valence electrons. The molecule has 3 heteroatoms. The second-order valence-corrected chi connectivity index (χ2v) is 6.94. The first-order chi connectivity index (χ1) is 11.7. The molecule has 0 saturated heterocycles. The second kappa shape index (κ2) is 6.14. The molecule has 0 aliphatic heterocycles. The van der Waals surface area contributed by atoms with E-state index in [9.17, 15) is 5.11 Å². The fourth-order valence-corrected chi connectivity index (χ4v) is 4.76. The molecule has 1 N–H and O–H groups in total. The molecule has 2 aliphatic rings. The van der Waals surface area contributed by atoms with Crippen molar-refractivity contribution in [2.75, 3.05) is 14.2 Å². The van der Waals surface area contributed by atoms with E-state index < -0.39 is 6.10 Å². The van der Waals surface area contributed by atoms with Crippen molar-refractivity contribution in [1.29, 1.82) is 0 Å². The summed E-state index contributed by atoms with van der Waals surface area (Å²) in [6, 6.07) is 14.3. The first-order valence-corrected chi connectivity index (χ1v) is 8.72. The van der Waals surface area contributed by atoms with Gasteiger partial charge in [0, 0.05) is 5.92 Å². The summed E-state index contributed by atoms with van der Waals surface area (Å²) in [5.41, 5.74) is 3.57. The molecule has 0 radical (unpaired) electrons. The van der Waals surface area contributed by atoms with Gasteiger partial charge in [-0.2, -0.15) is 0 Å². The molecule has 0 aromatic heterocycles. The molecule has 3 nitrogen and oxygen atoms in total. The van der Waals surface area contributed by atoms with Crippen molar-refractivity contribution in [3.05, 3.63) is 59.2 Å². The van der Waals surface area contributed by atoms with E-state index >= 15 is 0 Å². The highest BCUT2D eigenvalue weighted by Gasteiger charge is 2.45. The summed E-state index contributed by atoms with van der Waals surface area (Å²) >= 11 is 0. The van der Waals surface area contributed by atoms with Crippen LogP contribution in [0.1, 0.15) is 53.9 Å². The molecule has 4 rings (SSSR count). The van der Waals surface area contributed by atoms with Crippen LogP contribution >= 0.6 is 0 Å². The van der Waals surface area contributed by atoms with Gasteiger partial charge >= 0.3 is 0 Å². The van der Waals surface area contributed by atoms with Crippen LogP contribution in [0.15, 0.2) is 42.5 Å². The fraction of sp³-hybridized carbons (Fsp3) is 0.429. The van der Waals surface area contributed by atoms with Crippen LogP contribution in [0.2, 0.25) is 0 Å². The quantitative estimate of drug-likeness (QED) is 0.908. The lowest BCUT2D eigenvalue weighted by Gasteiger charge is -2.40. The standard InChI is InChI=1S/C21H24O3/c1-23-14-8-6-13(7-9-14)20-17-5-3-4-16(17)19-12-15(24-2)10-11-18(19)21(20)22/h6-12,16-17,20-22H,3-5H2,1-2H3/t16-,17+,20?,21?/m1/s1. The Balaban J connectivity index is 1.78. The molecule has 0 spiro atoms. The highest BCUT2D eigenvalue weighted by Crippen LogP contribution is 2.57. The molecule has 2 aliphatic carbocycles. The molecule has 2 aromatic rings. The van der Waals surface area contributed by atoms with Crippen LogP contribution in [0, 0.1) is 5.92 Å². The predicted molar refractivity (Wildman–Crippen MR) is 93.8 cm³/mol. The number of hydrogen-bond acceptors (Lipinski definition) is 3. The van der Waals surface area contributed by atoms with E-state index in [1.165, 1.54) is 30.4 Å². The number of aliphatic hydroxyl groups excluding tert-OH is 1. The maximum absolute atomic E-state index is 11.1. The third kappa shape index (κ3) is 2.39. The minimum atomic E-state index is -0.460. The Labute approximate surface area is 143 Å². The zero-order valence-corrected chi connectivity index (χ0v) is 14.2. The molecule has 2 unspecified atom stereocenters. The van der Waals surface area contributed by atoms with Crippen LogP contribution in [0.3, 0.4) is 0 Å². The SMILES string of the molecule is COc1ccc(C2C(O)c3ccc(OC)cc3[C@@H]3CCC[C@H]23)cc1. The Morgan fingerprint density at radius 3 is 2.29 bits per heavy atom. The van der Waals surface area contributed by atoms with Gasteiger partial charge < -0.3 is 14.6 Å². The van der Waals surface area contributed by atoms with Crippen LogP contribution in [-0.4, -0.2) is 19.3 Å². The highest BCUT2D eigenvalue weighted by molar-refractivity contribution is 5.45. The Kier molecular flexibility index (Phi) is 3.97. The lowest BCUT2D eigenvalue weighted by molar-refractivity contribution is 0.0971. The normalized spacial score (nSPS) is 28.1. The van der Waals surface area contributed by atoms with Gasteiger partial charge in [0.25, 0.3) is 0 Å². The van der Waals surface area contributed by atoms with Crippen LogP contribution in [0.5, 0.6) is 11.5 Å². The molecule has 24 heavy (non-hydrogen) atoms. The molecule has 2 aromatic carbocycles. The van der Waals surface area contributed by atoms with Crippen LogP contribution in [-0.2, 0) is 0 Å². The van der Waals surface area contributed by atoms with Gasteiger partial charge in [-0.1, -0.05) is 24.6 Å². The lowest BCUT2D eigenvalue weighted by atomic mass is 9.66. The van der Waals surface area contributed by atoms with E-state index in [-0.39, 0.29) is 5.92 Å². The maximum atomic E-state index is 11.1. The van der Waals surface area contributed by atoms with Gasteiger partial charge in [-0.05, 0) is 65.6 Å². The van der Waals surface area contributed by atoms with E-state index in [0.717, 1.165) is 17.1 Å². The van der Waals surface area contributed by atoms with Gasteiger partial charge in [0.05, 0.1) is 20.3 Å². The van der Waals surface area contributed by atoms with Crippen molar-refractivity contribution < 1.29 is 14.6 Å². The number of hydrogen-bond donors (Lipinski definition) is 1. The number of aliphatic hydroxyl groups is 1. The lowest BCUT2D eigenvalue weighted by Crippen LogP contribution is -2.29. The maximum Gasteiger partial charge on any atom is 0.119 e. The van der Waals surface area contributed by atoms with Crippen molar-refractivity contribution in [1.82, 2.24) is 0 Å². The Bertz CT molecular complexity index is 722. The molecule has 0 amide bonds. The largest absolute Gasteiger partial charge is 0.497 e. The van der Waals surface area contributed by atoms with Crippen molar-refractivity contribution in [3.63, 3.8) is 0 Å². The van der Waals surface area contributed by atoms with Gasteiger partial charge in [-0.15, -0.1) is 0 Å². The number of methoxy groups -OCH3 is 2. The van der Waals surface area contributed by atoms with E-state index in [4.69, 9.17) is 9.47 Å². The molecular formula is C21H24O3. The fourth-order valence-electron chi connectivity index (χ4n) is 4.76. The summed E-state index contributed by atoms with van der Waals surface area (Å²) in [6.07, 6.45) is 3.14. The number of fused-ring (bicyclic) bond motifs is 3. The molecule has 0 heterocycles. The van der Waals surface area contributed by atoms with Gasteiger partial charge in [-0.25, -0.2) is 0 Å². The summed E-state index contributed by atoms with van der Waals surface area (Å²) in [7, 11) is 3.38. The smallest absolute Gasteiger partial charge is 0.119 e. The second-order valence-electron chi connectivity index (χ2n) is 6.94. The molecule has 1 saturated carbocycles. The Hall–Kier alpha value is -2.00. The number of rotatable bonds is 3. The van der Waals surface area contributed by atoms with Crippen LogP contribution in [0.25, 0.3) is 0 Å².